The molecule has 10 N–H and O–H groups in total. The van der Waals surface area contributed by atoms with E-state index in [9.17, 15) is 34.3 Å². The molecule has 1 fully saturated rings. The number of aromatic nitrogens is 2. The minimum Gasteiger partial charge on any atom is -0.492 e. The van der Waals surface area contributed by atoms with Gasteiger partial charge in [-0.05, 0) is 113 Å². The maximum atomic E-state index is 15.0. The third-order valence-electron chi connectivity index (χ3n) is 12.5. The van der Waals surface area contributed by atoms with Crippen LogP contribution in [0.25, 0.3) is 22.5 Å². The fourth-order valence-electron chi connectivity index (χ4n) is 8.84. The molecule has 3 aromatic carbocycles. The predicted molar refractivity (Wildman–Crippen MR) is 269 cm³/mol. The van der Waals surface area contributed by atoms with Gasteiger partial charge in [-0.2, -0.15) is 5.26 Å². The van der Waals surface area contributed by atoms with Crippen LogP contribution in [0.4, 0.5) is 0 Å². The van der Waals surface area contributed by atoms with Crippen molar-refractivity contribution < 1.29 is 48.1 Å². The van der Waals surface area contributed by atoms with E-state index in [0.717, 1.165) is 36.3 Å². The van der Waals surface area contributed by atoms with Gasteiger partial charge in [-0.3, -0.25) is 28.8 Å². The molecule has 6 rings (SSSR count). The molecule has 1 aliphatic heterocycles. The number of benzene rings is 3. The van der Waals surface area contributed by atoms with Gasteiger partial charge >= 0.3 is 0 Å². The number of likely N-dealkylation sites (N-methyl/N-ethyl adjacent to an activating group) is 1. The van der Waals surface area contributed by atoms with Crippen molar-refractivity contribution in [1.82, 2.24) is 41.5 Å². The van der Waals surface area contributed by atoms with Gasteiger partial charge in [0.05, 0.1) is 29.1 Å². The average molecular weight is 1000 g/mol. The van der Waals surface area contributed by atoms with Crippen LogP contribution < -0.4 is 52.3 Å². The SMILES string of the molecule is Cc1nc(-c2ccc(OC3CCCCC3)cc2)nc(C)c1C(=O)NC(CCNC(=O)CO)C(=O)N(C)[C@@H]1C(=O)N[C@@H](C)C(=O)N[C@H](C(=O)NCC#N)Cc2ccc(OCCN)c(c2)-c2cc1ccc2OCCN. The number of aliphatic hydroxyl groups is 1. The Morgan fingerprint density at radius 3 is 2.15 bits per heavy atom. The molecule has 0 saturated heterocycles. The van der Waals surface area contributed by atoms with Gasteiger partial charge in [0.1, 0.15) is 67.8 Å². The Morgan fingerprint density at radius 1 is 0.877 bits per heavy atom. The molecule has 2 aliphatic rings. The summed E-state index contributed by atoms with van der Waals surface area (Å²) in [5.74, 6) is -2.61. The normalized spacial score (nSPS) is 17.3. The first-order valence-corrected chi connectivity index (χ1v) is 24.4. The van der Waals surface area contributed by atoms with E-state index in [4.69, 9.17) is 25.7 Å². The molecule has 6 amide bonds. The predicted octanol–water partition coefficient (Wildman–Crippen LogP) is 1.80. The molecule has 73 heavy (non-hydrogen) atoms. The molecule has 4 bridgehead atoms. The quantitative estimate of drug-likeness (QED) is 0.0621. The van der Waals surface area contributed by atoms with Crippen molar-refractivity contribution in [3.63, 3.8) is 0 Å². The first kappa shape index (κ1) is 54.7. The molecular weight excluding hydrogens is 939 g/mol. The van der Waals surface area contributed by atoms with Crippen LogP contribution in [-0.4, -0.2) is 133 Å². The summed E-state index contributed by atoms with van der Waals surface area (Å²) in [6.45, 7) is 3.92. The molecule has 4 aromatic rings. The van der Waals surface area contributed by atoms with E-state index in [1.165, 1.54) is 20.4 Å². The molecular formula is C52H65N11O10. The number of nitrogens with one attached hydrogen (secondary N) is 5. The zero-order valence-electron chi connectivity index (χ0n) is 41.6. The number of nitrogens with zero attached hydrogens (tertiary/aromatic N) is 4. The van der Waals surface area contributed by atoms with Crippen LogP contribution in [0.5, 0.6) is 17.2 Å². The molecule has 2 heterocycles. The van der Waals surface area contributed by atoms with Crippen molar-refractivity contribution in [3.8, 4) is 45.8 Å². The number of rotatable bonds is 19. The number of nitrogens with two attached hydrogens (primary N) is 2. The Morgan fingerprint density at radius 2 is 1.52 bits per heavy atom. The Balaban J connectivity index is 1.38. The van der Waals surface area contributed by atoms with Crippen LogP contribution in [0.3, 0.4) is 0 Å². The highest BCUT2D eigenvalue weighted by molar-refractivity contribution is 6.00. The standard InChI is InChI=1S/C52H65N11O10/c1-30-45(31(2)59-47(58-30)34-11-14-37(15-12-34)73-36-8-6-5-7-9-36)50(68)61-40(18-22-56-44(65)29-64)52(70)63(4)46-35-13-17-43(72-25-21-55)39(28-35)38-26-33(10-16-42(38)71-24-20-54)27-41(49(67)57-23-19-53)62-48(66)32(3)60-51(46)69/h10-17,26,28,32,36,40-41,46,64H,5-9,18,20-25,27,29,54-55H2,1-4H3,(H,56,65)(H,57,67)(H,60,69)(H,61,68)(H,62,66)/t32-,40?,41-,46-/m0/s1. The summed E-state index contributed by atoms with van der Waals surface area (Å²) < 4.78 is 18.4. The van der Waals surface area contributed by atoms with Crippen LogP contribution in [-0.2, 0) is 30.4 Å². The Kier molecular flexibility index (Phi) is 19.6. The molecule has 4 atom stereocenters. The lowest BCUT2D eigenvalue weighted by Crippen LogP contribution is -2.56. The van der Waals surface area contributed by atoms with Gasteiger partial charge in [-0.1, -0.05) is 18.6 Å². The van der Waals surface area contributed by atoms with Crippen molar-refractivity contribution >= 4 is 35.4 Å². The first-order valence-electron chi connectivity index (χ1n) is 24.4. The number of fused-ring (bicyclic) bond motifs is 5. The summed E-state index contributed by atoms with van der Waals surface area (Å²) in [4.78, 5) is 94.0. The lowest BCUT2D eigenvalue weighted by Gasteiger charge is -2.33. The summed E-state index contributed by atoms with van der Waals surface area (Å²) in [7, 11) is 1.36. The summed E-state index contributed by atoms with van der Waals surface area (Å²) in [6.07, 6.45) is 5.48. The van der Waals surface area contributed by atoms with E-state index in [-0.39, 0.29) is 69.5 Å². The van der Waals surface area contributed by atoms with Gasteiger partial charge in [-0.15, -0.1) is 0 Å². The maximum absolute atomic E-state index is 15.0. The molecule has 0 spiro atoms. The van der Waals surface area contributed by atoms with Crippen molar-refractivity contribution in [3.05, 3.63) is 88.7 Å². The molecule has 388 valence electrons. The summed E-state index contributed by atoms with van der Waals surface area (Å²) in [5, 5.41) is 31.8. The minimum absolute atomic E-state index is 0.0302. The van der Waals surface area contributed by atoms with E-state index < -0.39 is 66.2 Å². The van der Waals surface area contributed by atoms with Gasteiger partial charge in [0.25, 0.3) is 5.91 Å². The fraction of sp³-hybridized carbons (Fsp3) is 0.442. The third kappa shape index (κ3) is 14.3. The summed E-state index contributed by atoms with van der Waals surface area (Å²) in [5.41, 5.74) is 14.8. The van der Waals surface area contributed by atoms with Crippen molar-refractivity contribution in [2.75, 3.05) is 53.0 Å². The second-order valence-corrected chi connectivity index (χ2v) is 17.9. The zero-order chi connectivity index (χ0) is 52.6. The van der Waals surface area contributed by atoms with Gasteiger partial charge in [0.2, 0.25) is 29.5 Å². The topological polar surface area (TPSA) is 315 Å². The monoisotopic (exact) mass is 1000 g/mol. The zero-order valence-corrected chi connectivity index (χ0v) is 41.6. The van der Waals surface area contributed by atoms with Gasteiger partial charge in [0, 0.05) is 49.8 Å². The number of carbonyl (C=O) groups is 6. The summed E-state index contributed by atoms with van der Waals surface area (Å²) >= 11 is 0. The van der Waals surface area contributed by atoms with Crippen LogP contribution in [0, 0.1) is 25.2 Å². The van der Waals surface area contributed by atoms with Crippen LogP contribution in [0.2, 0.25) is 0 Å². The highest BCUT2D eigenvalue weighted by atomic mass is 16.5. The fourth-order valence-corrected chi connectivity index (χ4v) is 8.84. The second-order valence-electron chi connectivity index (χ2n) is 17.9. The Labute approximate surface area is 424 Å². The number of hydrogen-bond donors (Lipinski definition) is 8. The lowest BCUT2D eigenvalue weighted by atomic mass is 9.93. The van der Waals surface area contributed by atoms with Crippen LogP contribution >= 0.6 is 0 Å². The van der Waals surface area contributed by atoms with E-state index in [2.05, 4.69) is 36.6 Å². The van der Waals surface area contributed by atoms with Crippen molar-refractivity contribution in [1.29, 1.82) is 5.26 Å². The molecule has 21 nitrogen and oxygen atoms in total. The van der Waals surface area contributed by atoms with E-state index >= 15 is 4.79 Å². The van der Waals surface area contributed by atoms with Crippen molar-refractivity contribution in [2.24, 2.45) is 11.5 Å². The average Bonchev–Trinajstić information content (AvgIpc) is 3.38. The molecule has 0 radical (unpaired) electrons. The van der Waals surface area contributed by atoms with E-state index in [1.54, 1.807) is 50.2 Å². The number of hydrogen-bond acceptors (Lipinski definition) is 15. The van der Waals surface area contributed by atoms with Crippen molar-refractivity contribution in [2.45, 2.75) is 96.0 Å². The number of amides is 6. The lowest BCUT2D eigenvalue weighted by molar-refractivity contribution is -0.141. The number of aryl methyl sites for hydroxylation is 2. The highest BCUT2D eigenvalue weighted by Gasteiger charge is 2.37. The molecule has 1 aromatic heterocycles. The number of aliphatic hydroxyl groups excluding tert-OH is 1. The van der Waals surface area contributed by atoms with Gasteiger partial charge in [0.15, 0.2) is 5.82 Å². The van der Waals surface area contributed by atoms with Crippen LogP contribution in [0.15, 0.2) is 60.7 Å². The first-order chi connectivity index (χ1) is 35.1. The van der Waals surface area contributed by atoms with E-state index in [0.29, 0.717) is 51.0 Å². The van der Waals surface area contributed by atoms with Gasteiger partial charge in [-0.25, -0.2) is 9.97 Å². The molecule has 21 heteroatoms. The third-order valence-corrected chi connectivity index (χ3v) is 12.5. The highest BCUT2D eigenvalue weighted by Crippen LogP contribution is 2.40. The second kappa shape index (κ2) is 26.1. The maximum Gasteiger partial charge on any atom is 0.255 e. The Hall–Kier alpha value is -7.67. The number of carbonyl (C=O) groups excluding carboxylic acids is 6. The minimum atomic E-state index is -1.50. The van der Waals surface area contributed by atoms with Crippen LogP contribution in [0.1, 0.15) is 84.4 Å². The van der Waals surface area contributed by atoms with Gasteiger partial charge < -0.3 is 62.3 Å². The molecule has 1 saturated carbocycles. The Bertz CT molecular complexity index is 2650. The largest absolute Gasteiger partial charge is 0.492 e. The summed E-state index contributed by atoms with van der Waals surface area (Å²) in [6, 6.07) is 13.9. The number of nitriles is 1. The molecule has 1 unspecified atom stereocenters. The molecule has 1 aliphatic carbocycles. The number of ether oxygens (including phenoxy) is 3. The van der Waals surface area contributed by atoms with E-state index in [1.807, 2.05) is 30.3 Å². The smallest absolute Gasteiger partial charge is 0.255 e.